The molecule has 4 nitrogen and oxygen atoms in total. The molecule has 2 aliphatic rings. The van der Waals surface area contributed by atoms with Gasteiger partial charge in [-0.25, -0.2) is 0 Å². The van der Waals surface area contributed by atoms with Crippen molar-refractivity contribution in [3.8, 4) is 0 Å². The highest BCUT2D eigenvalue weighted by Crippen LogP contribution is 2.32. The molecule has 114 valence electrons. The van der Waals surface area contributed by atoms with E-state index in [0.29, 0.717) is 19.5 Å². The van der Waals surface area contributed by atoms with Gasteiger partial charge in [-0.2, -0.15) is 0 Å². The van der Waals surface area contributed by atoms with Crippen LogP contribution in [-0.4, -0.2) is 39.3 Å². The Hall–Kier alpha value is -1.39. The monoisotopic (exact) mass is 289 g/mol. The molecule has 1 aromatic rings. The molecule has 0 aromatic heterocycles. The van der Waals surface area contributed by atoms with Crippen LogP contribution in [0, 0.1) is 0 Å². The SMILES string of the molecule is O=C(O)C1Cc2ccccc2CN1CC1(O)CCCCC1. The van der Waals surface area contributed by atoms with Crippen molar-refractivity contribution in [3.05, 3.63) is 35.4 Å². The zero-order valence-electron chi connectivity index (χ0n) is 12.3. The third-order valence-corrected chi connectivity index (χ3v) is 4.91. The summed E-state index contributed by atoms with van der Waals surface area (Å²) in [5.41, 5.74) is 1.60. The van der Waals surface area contributed by atoms with Crippen LogP contribution < -0.4 is 0 Å². The summed E-state index contributed by atoms with van der Waals surface area (Å²) in [6.07, 6.45) is 5.36. The fourth-order valence-corrected chi connectivity index (χ4v) is 3.73. The number of nitrogens with zero attached hydrogens (tertiary/aromatic N) is 1. The van der Waals surface area contributed by atoms with Crippen LogP contribution in [0.25, 0.3) is 0 Å². The molecule has 1 aliphatic heterocycles. The van der Waals surface area contributed by atoms with Gasteiger partial charge in [0, 0.05) is 13.1 Å². The van der Waals surface area contributed by atoms with Gasteiger partial charge in [0.1, 0.15) is 6.04 Å². The van der Waals surface area contributed by atoms with E-state index in [1.165, 1.54) is 12.0 Å². The van der Waals surface area contributed by atoms with E-state index >= 15 is 0 Å². The van der Waals surface area contributed by atoms with Crippen molar-refractivity contribution in [2.45, 2.75) is 56.7 Å². The molecule has 0 radical (unpaired) electrons. The van der Waals surface area contributed by atoms with Crippen molar-refractivity contribution < 1.29 is 15.0 Å². The molecule has 21 heavy (non-hydrogen) atoms. The quantitative estimate of drug-likeness (QED) is 0.895. The van der Waals surface area contributed by atoms with Gasteiger partial charge < -0.3 is 10.2 Å². The minimum absolute atomic E-state index is 0.471. The third kappa shape index (κ3) is 3.11. The number of fused-ring (bicyclic) bond motifs is 1. The van der Waals surface area contributed by atoms with Gasteiger partial charge in [-0.15, -0.1) is 0 Å². The highest BCUT2D eigenvalue weighted by molar-refractivity contribution is 5.74. The van der Waals surface area contributed by atoms with Gasteiger partial charge in [-0.3, -0.25) is 9.69 Å². The summed E-state index contributed by atoms with van der Waals surface area (Å²) < 4.78 is 0. The summed E-state index contributed by atoms with van der Waals surface area (Å²) in [4.78, 5) is 13.6. The molecular formula is C17H23NO3. The van der Waals surface area contributed by atoms with Gasteiger partial charge in [-0.1, -0.05) is 43.5 Å². The number of benzene rings is 1. The topological polar surface area (TPSA) is 60.8 Å². The number of β-amino-alcohol motifs (C(OH)–C–C–N with tert-alkyl or cyclic N) is 1. The Morgan fingerprint density at radius 1 is 1.19 bits per heavy atom. The minimum atomic E-state index is -0.788. The maximum absolute atomic E-state index is 11.6. The molecule has 0 saturated heterocycles. The van der Waals surface area contributed by atoms with E-state index in [2.05, 4.69) is 6.07 Å². The van der Waals surface area contributed by atoms with E-state index in [0.717, 1.165) is 31.2 Å². The average molecular weight is 289 g/mol. The summed E-state index contributed by atoms with van der Waals surface area (Å²) in [6, 6.07) is 7.50. The van der Waals surface area contributed by atoms with E-state index < -0.39 is 17.6 Å². The van der Waals surface area contributed by atoms with Crippen LogP contribution in [0.3, 0.4) is 0 Å². The van der Waals surface area contributed by atoms with Crippen LogP contribution in [-0.2, 0) is 17.8 Å². The number of carbonyl (C=O) groups is 1. The van der Waals surface area contributed by atoms with E-state index in [1.807, 2.05) is 23.1 Å². The number of hydrogen-bond acceptors (Lipinski definition) is 3. The van der Waals surface area contributed by atoms with Crippen LogP contribution in [0.2, 0.25) is 0 Å². The second-order valence-electron chi connectivity index (χ2n) is 6.52. The van der Waals surface area contributed by atoms with Gasteiger partial charge in [0.05, 0.1) is 5.60 Å². The zero-order chi connectivity index (χ0) is 14.9. The third-order valence-electron chi connectivity index (χ3n) is 4.91. The lowest BCUT2D eigenvalue weighted by atomic mass is 9.83. The minimum Gasteiger partial charge on any atom is -0.480 e. The fraction of sp³-hybridized carbons (Fsp3) is 0.588. The zero-order valence-corrected chi connectivity index (χ0v) is 12.3. The van der Waals surface area contributed by atoms with Gasteiger partial charge in [-0.05, 0) is 30.4 Å². The maximum Gasteiger partial charge on any atom is 0.321 e. The first-order chi connectivity index (χ1) is 10.1. The van der Waals surface area contributed by atoms with Crippen LogP contribution in [0.1, 0.15) is 43.2 Å². The lowest BCUT2D eigenvalue weighted by molar-refractivity contribution is -0.146. The van der Waals surface area contributed by atoms with E-state index in [1.54, 1.807) is 0 Å². The number of rotatable bonds is 3. The Morgan fingerprint density at radius 3 is 2.52 bits per heavy atom. The van der Waals surface area contributed by atoms with Gasteiger partial charge >= 0.3 is 5.97 Å². The molecule has 1 saturated carbocycles. The predicted octanol–water partition coefficient (Wildman–Crippen LogP) is 2.19. The van der Waals surface area contributed by atoms with Crippen molar-refractivity contribution in [2.75, 3.05) is 6.54 Å². The Balaban J connectivity index is 1.80. The number of aliphatic carboxylic acids is 1. The summed E-state index contributed by atoms with van der Waals surface area (Å²) in [5, 5.41) is 20.3. The average Bonchev–Trinajstić information content (AvgIpc) is 2.46. The van der Waals surface area contributed by atoms with Crippen LogP contribution in [0.5, 0.6) is 0 Å². The number of carboxylic acids is 1. The van der Waals surface area contributed by atoms with Crippen molar-refractivity contribution in [1.82, 2.24) is 4.90 Å². The predicted molar refractivity (Wildman–Crippen MR) is 80.0 cm³/mol. The van der Waals surface area contributed by atoms with Crippen LogP contribution >= 0.6 is 0 Å². The Bertz CT molecular complexity index is 523. The highest BCUT2D eigenvalue weighted by Gasteiger charge is 2.38. The number of hydrogen-bond donors (Lipinski definition) is 2. The van der Waals surface area contributed by atoms with Crippen molar-refractivity contribution in [2.24, 2.45) is 0 Å². The first-order valence-corrected chi connectivity index (χ1v) is 7.83. The molecule has 1 atom stereocenters. The summed E-state index contributed by atoms with van der Waals surface area (Å²) >= 11 is 0. The molecule has 1 fully saturated rings. The fourth-order valence-electron chi connectivity index (χ4n) is 3.73. The molecule has 1 aromatic carbocycles. The molecule has 4 heteroatoms. The number of carboxylic acid groups (broad SMARTS) is 1. The Labute approximate surface area is 125 Å². The van der Waals surface area contributed by atoms with Gasteiger partial charge in [0.25, 0.3) is 0 Å². The molecule has 0 amide bonds. The Morgan fingerprint density at radius 2 is 1.86 bits per heavy atom. The molecule has 2 N–H and O–H groups in total. The summed E-state index contributed by atoms with van der Waals surface area (Å²) in [7, 11) is 0. The van der Waals surface area contributed by atoms with Crippen molar-refractivity contribution in [3.63, 3.8) is 0 Å². The first kappa shape index (κ1) is 14.5. The molecule has 1 heterocycles. The Kier molecular flexibility index (Phi) is 4.00. The van der Waals surface area contributed by atoms with Gasteiger partial charge in [0.2, 0.25) is 0 Å². The standard InChI is InChI=1S/C17H23NO3/c19-16(20)15-10-13-6-2-3-7-14(13)11-18(15)12-17(21)8-4-1-5-9-17/h2-3,6-7,15,21H,1,4-5,8-12H2,(H,19,20). The largest absolute Gasteiger partial charge is 0.480 e. The molecule has 3 rings (SSSR count). The smallest absolute Gasteiger partial charge is 0.321 e. The summed E-state index contributed by atoms with van der Waals surface area (Å²) in [6.45, 7) is 1.09. The molecule has 1 unspecified atom stereocenters. The molecule has 1 aliphatic carbocycles. The van der Waals surface area contributed by atoms with Gasteiger partial charge in [0.15, 0.2) is 0 Å². The summed E-state index contributed by atoms with van der Waals surface area (Å²) in [5.74, 6) is -0.788. The molecule has 0 bridgehead atoms. The van der Waals surface area contributed by atoms with Crippen molar-refractivity contribution >= 4 is 5.97 Å². The van der Waals surface area contributed by atoms with Crippen LogP contribution in [0.15, 0.2) is 24.3 Å². The first-order valence-electron chi connectivity index (χ1n) is 7.83. The number of aliphatic hydroxyl groups is 1. The molecular weight excluding hydrogens is 266 g/mol. The maximum atomic E-state index is 11.6. The lowest BCUT2D eigenvalue weighted by Gasteiger charge is -2.41. The lowest BCUT2D eigenvalue weighted by Crippen LogP contribution is -2.52. The van der Waals surface area contributed by atoms with E-state index in [9.17, 15) is 15.0 Å². The van der Waals surface area contributed by atoms with E-state index in [-0.39, 0.29) is 0 Å². The van der Waals surface area contributed by atoms with Crippen LogP contribution in [0.4, 0.5) is 0 Å². The second kappa shape index (κ2) is 5.78. The second-order valence-corrected chi connectivity index (χ2v) is 6.52. The molecule has 0 spiro atoms. The van der Waals surface area contributed by atoms with Crippen molar-refractivity contribution in [1.29, 1.82) is 0 Å². The van der Waals surface area contributed by atoms with E-state index in [4.69, 9.17) is 0 Å². The normalized spacial score (nSPS) is 25.3. The highest BCUT2D eigenvalue weighted by atomic mass is 16.4.